The lowest BCUT2D eigenvalue weighted by atomic mass is 10.2. The molecule has 1 heterocycles. The van der Waals surface area contributed by atoms with Crippen molar-refractivity contribution in [3.05, 3.63) is 30.1 Å². The molecule has 6 nitrogen and oxygen atoms in total. The quantitative estimate of drug-likeness (QED) is 0.681. The van der Waals surface area contributed by atoms with E-state index in [1.165, 1.54) is 0 Å². The van der Waals surface area contributed by atoms with Gasteiger partial charge in [0.2, 0.25) is 0 Å². The summed E-state index contributed by atoms with van der Waals surface area (Å²) in [5.41, 5.74) is 5.91. The molecule has 88 valence electrons. The Morgan fingerprint density at radius 2 is 2.06 bits per heavy atom. The summed E-state index contributed by atoms with van der Waals surface area (Å²) in [5, 5.41) is 16.0. The van der Waals surface area contributed by atoms with Crippen molar-refractivity contribution in [2.45, 2.75) is 19.4 Å². The zero-order valence-corrected chi connectivity index (χ0v) is 8.83. The monoisotopic (exact) mass is 226 g/mol. The molecule has 1 aromatic heterocycles. The van der Waals surface area contributed by atoms with E-state index >= 15 is 0 Å². The summed E-state index contributed by atoms with van der Waals surface area (Å²) in [6, 6.07) is 4.57. The molecule has 0 aromatic carbocycles. The molecule has 0 fully saturated rings. The van der Waals surface area contributed by atoms with E-state index in [4.69, 9.17) is 15.9 Å². The zero-order valence-electron chi connectivity index (χ0n) is 8.83. The first kappa shape index (κ1) is 14.1. The van der Waals surface area contributed by atoms with Crippen LogP contribution in [-0.2, 0) is 9.59 Å². The molecule has 0 bridgehead atoms. The van der Waals surface area contributed by atoms with Crippen LogP contribution < -0.4 is 5.73 Å². The minimum absolute atomic E-state index is 0.532. The fourth-order valence-corrected chi connectivity index (χ4v) is 0.724. The fraction of sp³-hybridized carbons (Fsp3) is 0.300. The number of carbonyl (C=O) groups is 2. The van der Waals surface area contributed by atoms with Gasteiger partial charge < -0.3 is 15.9 Å². The van der Waals surface area contributed by atoms with Crippen LogP contribution in [0, 0.1) is 6.92 Å². The van der Waals surface area contributed by atoms with Crippen molar-refractivity contribution in [1.82, 2.24) is 4.98 Å². The van der Waals surface area contributed by atoms with Gasteiger partial charge in [-0.1, -0.05) is 6.07 Å². The summed E-state index contributed by atoms with van der Waals surface area (Å²) in [4.78, 5) is 23.6. The number of carboxylic acid groups (broad SMARTS) is 2. The second-order valence-electron chi connectivity index (χ2n) is 3.01. The van der Waals surface area contributed by atoms with Crippen LogP contribution in [0.2, 0.25) is 0 Å². The number of nitrogens with zero attached hydrogens (tertiary/aromatic N) is 1. The second-order valence-corrected chi connectivity index (χ2v) is 3.01. The molecule has 0 aliphatic carbocycles. The number of hydrogen-bond acceptors (Lipinski definition) is 4. The van der Waals surface area contributed by atoms with Gasteiger partial charge in [-0.2, -0.15) is 0 Å². The van der Waals surface area contributed by atoms with E-state index in [-0.39, 0.29) is 0 Å². The van der Waals surface area contributed by atoms with Gasteiger partial charge >= 0.3 is 11.9 Å². The van der Waals surface area contributed by atoms with Gasteiger partial charge in [0.05, 0.1) is 6.42 Å². The number of nitrogens with two attached hydrogens (primary N) is 1. The highest BCUT2D eigenvalue weighted by atomic mass is 16.4. The Bertz CT molecular complexity index is 340. The topological polar surface area (TPSA) is 114 Å². The van der Waals surface area contributed by atoms with Gasteiger partial charge in [0.15, 0.2) is 0 Å². The van der Waals surface area contributed by atoms with Gasteiger partial charge in [-0.05, 0) is 19.1 Å². The van der Waals surface area contributed by atoms with Crippen LogP contribution in [0.15, 0.2) is 24.4 Å². The molecule has 0 saturated carbocycles. The number of rotatable bonds is 3. The van der Waals surface area contributed by atoms with Gasteiger partial charge in [0.25, 0.3) is 0 Å². The van der Waals surface area contributed by atoms with E-state index in [1.807, 2.05) is 25.1 Å². The number of aryl methyl sites for hydroxylation is 1. The minimum atomic E-state index is -1.29. The van der Waals surface area contributed by atoms with Crippen LogP contribution >= 0.6 is 0 Å². The molecule has 0 radical (unpaired) electrons. The lowest BCUT2D eigenvalue weighted by Crippen LogP contribution is -2.32. The number of aromatic nitrogens is 1. The smallest absolute Gasteiger partial charge is 0.321 e. The highest BCUT2D eigenvalue weighted by molar-refractivity contribution is 5.80. The first-order chi connectivity index (χ1) is 7.43. The minimum Gasteiger partial charge on any atom is -0.481 e. The molecule has 0 aliphatic heterocycles. The molecule has 0 aliphatic rings. The maximum atomic E-state index is 9.85. The Balaban J connectivity index is 0.000000288. The predicted molar refractivity (Wildman–Crippen MR) is 56.8 cm³/mol. The maximum Gasteiger partial charge on any atom is 0.321 e. The van der Waals surface area contributed by atoms with Gasteiger partial charge in [-0.25, -0.2) is 0 Å². The highest BCUT2D eigenvalue weighted by Gasteiger charge is 2.14. The van der Waals surface area contributed by atoms with Crippen molar-refractivity contribution < 1.29 is 19.8 Å². The van der Waals surface area contributed by atoms with Crippen molar-refractivity contribution in [2.24, 2.45) is 5.73 Å². The summed E-state index contributed by atoms with van der Waals surface area (Å²) in [7, 11) is 0. The van der Waals surface area contributed by atoms with Crippen molar-refractivity contribution in [3.8, 4) is 0 Å². The number of pyridine rings is 1. The molecule has 1 atom stereocenters. The molecular weight excluding hydrogens is 212 g/mol. The Labute approximate surface area is 92.7 Å². The van der Waals surface area contributed by atoms with Crippen LogP contribution in [0.3, 0.4) is 0 Å². The lowest BCUT2D eigenvalue weighted by Gasteiger charge is -1.99. The predicted octanol–water partition coefficient (Wildman–Crippen LogP) is 0.263. The summed E-state index contributed by atoms with van der Waals surface area (Å²) in [6.07, 6.45) is 1.25. The van der Waals surface area contributed by atoms with Crippen LogP contribution in [-0.4, -0.2) is 33.2 Å². The van der Waals surface area contributed by atoms with Crippen molar-refractivity contribution in [3.63, 3.8) is 0 Å². The zero-order chi connectivity index (χ0) is 12.6. The number of carboxylic acids is 2. The third-order valence-corrected chi connectivity index (χ3v) is 1.52. The van der Waals surface area contributed by atoms with E-state index in [9.17, 15) is 9.59 Å². The molecule has 1 unspecified atom stereocenters. The summed E-state index contributed by atoms with van der Waals surface area (Å²) in [5.74, 6) is -2.50. The van der Waals surface area contributed by atoms with E-state index in [2.05, 4.69) is 4.98 Å². The standard InChI is InChI=1S/C6H7N.C4H7NO4/c1-6-4-2-3-5-7-6;5-2(4(8)9)1-3(6)7/h2-5H,1H3;2H,1,5H2,(H,6,7)(H,8,9). The average molecular weight is 226 g/mol. The van der Waals surface area contributed by atoms with Crippen LogP contribution in [0.4, 0.5) is 0 Å². The highest BCUT2D eigenvalue weighted by Crippen LogP contribution is 1.86. The van der Waals surface area contributed by atoms with Crippen molar-refractivity contribution >= 4 is 11.9 Å². The van der Waals surface area contributed by atoms with Gasteiger partial charge in [-0.15, -0.1) is 0 Å². The van der Waals surface area contributed by atoms with Gasteiger partial charge in [0.1, 0.15) is 6.04 Å². The molecule has 1 aromatic rings. The average Bonchev–Trinajstić information content (AvgIpc) is 2.18. The molecular formula is C10H14N2O4. The molecule has 6 heteroatoms. The van der Waals surface area contributed by atoms with Crippen LogP contribution in [0.1, 0.15) is 12.1 Å². The van der Waals surface area contributed by atoms with Gasteiger partial charge in [-0.3, -0.25) is 14.6 Å². The first-order valence-electron chi connectivity index (χ1n) is 4.51. The SMILES string of the molecule is Cc1ccccn1.NC(CC(=O)O)C(=O)O. The molecule has 0 saturated heterocycles. The van der Waals surface area contributed by atoms with Gasteiger partial charge in [0, 0.05) is 11.9 Å². The Morgan fingerprint density at radius 1 is 1.44 bits per heavy atom. The summed E-state index contributed by atoms with van der Waals surface area (Å²) >= 11 is 0. The van der Waals surface area contributed by atoms with E-state index < -0.39 is 24.4 Å². The third-order valence-electron chi connectivity index (χ3n) is 1.52. The largest absolute Gasteiger partial charge is 0.481 e. The number of aliphatic carboxylic acids is 2. The molecule has 4 N–H and O–H groups in total. The Morgan fingerprint density at radius 3 is 2.25 bits per heavy atom. The summed E-state index contributed by atoms with van der Waals surface area (Å²) < 4.78 is 0. The Kier molecular flexibility index (Phi) is 6.46. The number of hydrogen-bond donors (Lipinski definition) is 3. The normalized spacial score (nSPS) is 10.9. The first-order valence-corrected chi connectivity index (χ1v) is 4.51. The second kappa shape index (κ2) is 7.36. The molecule has 16 heavy (non-hydrogen) atoms. The molecule has 0 spiro atoms. The van der Waals surface area contributed by atoms with E-state index in [0.717, 1.165) is 5.69 Å². The molecule has 1 rings (SSSR count). The van der Waals surface area contributed by atoms with Crippen molar-refractivity contribution in [2.75, 3.05) is 0 Å². The Hall–Kier alpha value is -1.95. The van der Waals surface area contributed by atoms with Crippen molar-refractivity contribution in [1.29, 1.82) is 0 Å². The van der Waals surface area contributed by atoms with Crippen LogP contribution in [0.25, 0.3) is 0 Å². The maximum absolute atomic E-state index is 9.85. The fourth-order valence-electron chi connectivity index (χ4n) is 0.724. The third kappa shape index (κ3) is 7.45. The van der Waals surface area contributed by atoms with Crippen LogP contribution in [0.5, 0.6) is 0 Å². The lowest BCUT2D eigenvalue weighted by molar-refractivity contribution is -0.144. The molecule has 0 amide bonds. The van der Waals surface area contributed by atoms with E-state index in [1.54, 1.807) is 6.20 Å². The van der Waals surface area contributed by atoms with E-state index in [0.29, 0.717) is 0 Å². The summed E-state index contributed by atoms with van der Waals surface area (Å²) in [6.45, 7) is 1.97.